The monoisotopic (exact) mass is 357 g/mol. The second-order valence-electron chi connectivity index (χ2n) is 4.92. The number of hydrogen-bond acceptors (Lipinski definition) is 4. The van der Waals surface area contributed by atoms with Crippen LogP contribution in [0.5, 0.6) is 0 Å². The SMILES string of the molecule is CCc1sc(C(=O)OCC(=O)Nc2ccc(F)c(F)c2F)cc1C. The van der Waals surface area contributed by atoms with E-state index >= 15 is 0 Å². The third-order valence-corrected chi connectivity index (χ3v) is 4.55. The molecule has 0 aliphatic rings. The van der Waals surface area contributed by atoms with Gasteiger partial charge in [0, 0.05) is 4.88 Å². The average molecular weight is 357 g/mol. The minimum absolute atomic E-state index is 0.358. The highest BCUT2D eigenvalue weighted by atomic mass is 32.1. The second kappa shape index (κ2) is 7.48. The van der Waals surface area contributed by atoms with Gasteiger partial charge in [0.15, 0.2) is 24.1 Å². The zero-order valence-corrected chi connectivity index (χ0v) is 13.7. The summed E-state index contributed by atoms with van der Waals surface area (Å²) in [5.74, 6) is -6.11. The number of anilines is 1. The fourth-order valence-corrected chi connectivity index (χ4v) is 2.99. The van der Waals surface area contributed by atoms with E-state index < -0.39 is 41.6 Å². The Labute approximate surface area is 140 Å². The number of carbonyl (C=O) groups is 2. The maximum Gasteiger partial charge on any atom is 0.348 e. The first kappa shape index (κ1) is 18.0. The number of esters is 1. The van der Waals surface area contributed by atoms with Gasteiger partial charge in [-0.2, -0.15) is 0 Å². The largest absolute Gasteiger partial charge is 0.451 e. The highest BCUT2D eigenvalue weighted by Gasteiger charge is 2.17. The van der Waals surface area contributed by atoms with Gasteiger partial charge in [-0.25, -0.2) is 18.0 Å². The molecule has 128 valence electrons. The number of halogens is 3. The van der Waals surface area contributed by atoms with Gasteiger partial charge in [-0.05, 0) is 37.1 Å². The van der Waals surface area contributed by atoms with Crippen LogP contribution in [0.3, 0.4) is 0 Å². The molecule has 1 aromatic heterocycles. The zero-order chi connectivity index (χ0) is 17.9. The molecule has 0 unspecified atom stereocenters. The summed E-state index contributed by atoms with van der Waals surface area (Å²) in [6.45, 7) is 3.15. The molecule has 0 saturated heterocycles. The molecule has 0 spiro atoms. The molecule has 0 aliphatic heterocycles. The molecular weight excluding hydrogens is 343 g/mol. The highest BCUT2D eigenvalue weighted by molar-refractivity contribution is 7.14. The van der Waals surface area contributed by atoms with Crippen molar-refractivity contribution in [2.24, 2.45) is 0 Å². The molecule has 0 fully saturated rings. The molecule has 4 nitrogen and oxygen atoms in total. The van der Waals surface area contributed by atoms with Crippen LogP contribution in [0.2, 0.25) is 0 Å². The van der Waals surface area contributed by atoms with Crippen LogP contribution in [0.1, 0.15) is 27.0 Å². The number of rotatable bonds is 5. The van der Waals surface area contributed by atoms with Gasteiger partial charge in [0.2, 0.25) is 0 Å². The molecule has 1 aromatic carbocycles. The topological polar surface area (TPSA) is 55.4 Å². The second-order valence-corrected chi connectivity index (χ2v) is 6.05. The summed E-state index contributed by atoms with van der Waals surface area (Å²) >= 11 is 1.27. The van der Waals surface area contributed by atoms with E-state index in [2.05, 4.69) is 0 Å². The van der Waals surface area contributed by atoms with E-state index in [9.17, 15) is 22.8 Å². The number of nitrogens with one attached hydrogen (secondary N) is 1. The van der Waals surface area contributed by atoms with Gasteiger partial charge in [-0.3, -0.25) is 4.79 Å². The number of thiophene rings is 1. The van der Waals surface area contributed by atoms with E-state index in [1.807, 2.05) is 19.2 Å². The Hall–Kier alpha value is -2.35. The maximum absolute atomic E-state index is 13.4. The van der Waals surface area contributed by atoms with E-state index in [-0.39, 0.29) is 0 Å². The standard InChI is InChI=1S/C16H14F3NO3S/c1-3-11-8(2)6-12(24-11)16(22)23-7-13(21)20-10-5-4-9(17)14(18)15(10)19/h4-6H,3,7H2,1-2H3,(H,20,21). The molecule has 1 N–H and O–H groups in total. The first-order valence-electron chi connectivity index (χ1n) is 7.03. The fourth-order valence-electron chi connectivity index (χ4n) is 1.98. The lowest BCUT2D eigenvalue weighted by Crippen LogP contribution is -2.21. The first-order chi connectivity index (χ1) is 11.3. The van der Waals surface area contributed by atoms with E-state index in [1.165, 1.54) is 11.3 Å². The summed E-state index contributed by atoms with van der Waals surface area (Å²) in [6, 6.07) is 3.23. The summed E-state index contributed by atoms with van der Waals surface area (Å²) < 4.78 is 44.1. The van der Waals surface area contributed by atoms with Crippen molar-refractivity contribution in [1.29, 1.82) is 0 Å². The van der Waals surface area contributed by atoms with Crippen LogP contribution in [0.4, 0.5) is 18.9 Å². The maximum atomic E-state index is 13.4. The lowest BCUT2D eigenvalue weighted by atomic mass is 10.2. The summed E-state index contributed by atoms with van der Waals surface area (Å²) in [5.41, 5.74) is 0.429. The summed E-state index contributed by atoms with van der Waals surface area (Å²) in [4.78, 5) is 24.9. The number of aryl methyl sites for hydroxylation is 2. The van der Waals surface area contributed by atoms with Crippen molar-refractivity contribution in [3.63, 3.8) is 0 Å². The summed E-state index contributed by atoms with van der Waals surface area (Å²) in [6.07, 6.45) is 0.777. The normalized spacial score (nSPS) is 10.5. The molecule has 24 heavy (non-hydrogen) atoms. The van der Waals surface area contributed by atoms with Crippen molar-refractivity contribution < 1.29 is 27.5 Å². The Kier molecular flexibility index (Phi) is 5.61. The van der Waals surface area contributed by atoms with E-state index in [4.69, 9.17) is 4.74 Å². The number of hydrogen-bond donors (Lipinski definition) is 1. The Morgan fingerprint density at radius 3 is 2.54 bits per heavy atom. The van der Waals surface area contributed by atoms with E-state index in [1.54, 1.807) is 6.07 Å². The molecule has 0 atom stereocenters. The predicted octanol–water partition coefficient (Wildman–Crippen LogP) is 3.83. The van der Waals surface area contributed by atoms with Crippen molar-refractivity contribution >= 4 is 28.9 Å². The molecule has 2 aromatic rings. The molecule has 0 radical (unpaired) electrons. The Balaban J connectivity index is 1.95. The molecule has 0 saturated carbocycles. The van der Waals surface area contributed by atoms with E-state index in [0.29, 0.717) is 10.9 Å². The van der Waals surface area contributed by atoms with Gasteiger partial charge in [0.25, 0.3) is 5.91 Å². The minimum atomic E-state index is -1.69. The number of carbonyl (C=O) groups excluding carboxylic acids is 2. The minimum Gasteiger partial charge on any atom is -0.451 e. The smallest absolute Gasteiger partial charge is 0.348 e. The lowest BCUT2D eigenvalue weighted by Gasteiger charge is -2.07. The van der Waals surface area contributed by atoms with Crippen LogP contribution in [0, 0.1) is 24.4 Å². The van der Waals surface area contributed by atoms with Crippen LogP contribution < -0.4 is 5.32 Å². The molecule has 8 heteroatoms. The third kappa shape index (κ3) is 3.94. The summed E-state index contributed by atoms with van der Waals surface area (Å²) in [5, 5.41) is 2.02. The van der Waals surface area contributed by atoms with Crippen molar-refractivity contribution in [3.8, 4) is 0 Å². The Bertz CT molecular complexity index is 789. The van der Waals surface area contributed by atoms with E-state index in [0.717, 1.165) is 22.9 Å². The molecular formula is C16H14F3NO3S. The van der Waals surface area contributed by atoms with Gasteiger partial charge in [0.05, 0.1) is 5.69 Å². The number of amides is 1. The van der Waals surface area contributed by atoms with Gasteiger partial charge < -0.3 is 10.1 Å². The van der Waals surface area contributed by atoms with Crippen molar-refractivity contribution in [2.75, 3.05) is 11.9 Å². The van der Waals surface area contributed by atoms with Gasteiger partial charge in [0.1, 0.15) is 4.88 Å². The quantitative estimate of drug-likeness (QED) is 0.654. The lowest BCUT2D eigenvalue weighted by molar-refractivity contribution is -0.119. The Morgan fingerprint density at radius 1 is 1.21 bits per heavy atom. The molecule has 1 amide bonds. The Morgan fingerprint density at radius 2 is 1.92 bits per heavy atom. The van der Waals surface area contributed by atoms with Gasteiger partial charge in [-0.1, -0.05) is 6.92 Å². The van der Waals surface area contributed by atoms with Crippen LogP contribution in [0.15, 0.2) is 18.2 Å². The fraction of sp³-hybridized carbons (Fsp3) is 0.250. The summed E-state index contributed by atoms with van der Waals surface area (Å²) in [7, 11) is 0. The van der Waals surface area contributed by atoms with Crippen LogP contribution in [-0.2, 0) is 16.0 Å². The average Bonchev–Trinajstić information content (AvgIpc) is 2.94. The number of ether oxygens (including phenoxy) is 1. The van der Waals surface area contributed by atoms with Crippen molar-refractivity contribution in [1.82, 2.24) is 0 Å². The van der Waals surface area contributed by atoms with Crippen LogP contribution in [-0.4, -0.2) is 18.5 Å². The van der Waals surface area contributed by atoms with Gasteiger partial charge >= 0.3 is 5.97 Å². The van der Waals surface area contributed by atoms with Crippen LogP contribution >= 0.6 is 11.3 Å². The first-order valence-corrected chi connectivity index (χ1v) is 7.84. The van der Waals surface area contributed by atoms with Crippen LogP contribution in [0.25, 0.3) is 0 Å². The molecule has 0 aliphatic carbocycles. The van der Waals surface area contributed by atoms with Gasteiger partial charge in [-0.15, -0.1) is 11.3 Å². The van der Waals surface area contributed by atoms with Crippen molar-refractivity contribution in [2.45, 2.75) is 20.3 Å². The molecule has 0 bridgehead atoms. The highest BCUT2D eigenvalue weighted by Crippen LogP contribution is 2.23. The third-order valence-electron chi connectivity index (χ3n) is 3.19. The predicted molar refractivity (Wildman–Crippen MR) is 83.7 cm³/mol. The number of benzene rings is 1. The molecule has 1 heterocycles. The van der Waals surface area contributed by atoms with Crippen molar-refractivity contribution in [3.05, 3.63) is 51.0 Å². The molecule has 2 rings (SSSR count). The zero-order valence-electron chi connectivity index (χ0n) is 12.9.